The van der Waals surface area contributed by atoms with Crippen molar-refractivity contribution in [1.29, 1.82) is 0 Å². The molecule has 2 rings (SSSR count). The fourth-order valence-electron chi connectivity index (χ4n) is 2.61. The van der Waals surface area contributed by atoms with Gasteiger partial charge in [0.1, 0.15) is 11.9 Å². The summed E-state index contributed by atoms with van der Waals surface area (Å²) in [6.45, 7) is 3.53. The van der Waals surface area contributed by atoms with Crippen LogP contribution in [-0.4, -0.2) is 50.2 Å². The molecule has 5 nitrogen and oxygen atoms in total. The molecule has 1 aliphatic heterocycles. The molecule has 1 fully saturated rings. The van der Waals surface area contributed by atoms with Crippen LogP contribution in [0.4, 0.5) is 4.39 Å². The van der Waals surface area contributed by atoms with Crippen molar-refractivity contribution in [2.75, 3.05) is 39.4 Å². The summed E-state index contributed by atoms with van der Waals surface area (Å²) in [5.74, 6) is -0.514. The lowest BCUT2D eigenvalue weighted by Gasteiger charge is -2.34. The summed E-state index contributed by atoms with van der Waals surface area (Å²) >= 11 is 0. The van der Waals surface area contributed by atoms with Crippen LogP contribution in [0.5, 0.6) is 0 Å². The summed E-state index contributed by atoms with van der Waals surface area (Å²) in [5.41, 5.74) is 5.87. The highest BCUT2D eigenvalue weighted by molar-refractivity contribution is 5.83. The quantitative estimate of drug-likeness (QED) is 0.739. The Kier molecular flexibility index (Phi) is 6.76. The van der Waals surface area contributed by atoms with Gasteiger partial charge < -0.3 is 15.8 Å². The van der Waals surface area contributed by atoms with E-state index in [0.29, 0.717) is 45.0 Å². The van der Waals surface area contributed by atoms with E-state index in [1.807, 2.05) is 4.90 Å². The first-order chi connectivity index (χ1) is 10.7. The van der Waals surface area contributed by atoms with Gasteiger partial charge in [-0.15, -0.1) is 0 Å². The highest BCUT2D eigenvalue weighted by Crippen LogP contribution is 2.24. The predicted molar refractivity (Wildman–Crippen MR) is 82.8 cm³/mol. The highest BCUT2D eigenvalue weighted by atomic mass is 19.1. The van der Waals surface area contributed by atoms with E-state index < -0.39 is 6.04 Å². The van der Waals surface area contributed by atoms with Crippen LogP contribution < -0.4 is 11.1 Å². The molecule has 0 aromatic heterocycles. The maximum absolute atomic E-state index is 14.1. The molecule has 0 radical (unpaired) electrons. The van der Waals surface area contributed by atoms with Gasteiger partial charge in [0, 0.05) is 25.2 Å². The molecule has 122 valence electrons. The van der Waals surface area contributed by atoms with E-state index in [9.17, 15) is 9.18 Å². The van der Waals surface area contributed by atoms with Crippen LogP contribution in [0, 0.1) is 5.82 Å². The van der Waals surface area contributed by atoms with E-state index in [0.717, 1.165) is 12.8 Å². The minimum Gasteiger partial charge on any atom is -0.379 e. The summed E-state index contributed by atoms with van der Waals surface area (Å²) in [6.07, 6.45) is 1.69. The van der Waals surface area contributed by atoms with E-state index in [1.54, 1.807) is 18.2 Å². The SMILES string of the molecule is NCCCCNC(=O)C(c1ccccc1F)N1CCOCC1. The monoisotopic (exact) mass is 309 g/mol. The van der Waals surface area contributed by atoms with Crippen LogP contribution in [0.15, 0.2) is 24.3 Å². The van der Waals surface area contributed by atoms with E-state index in [2.05, 4.69) is 5.32 Å². The van der Waals surface area contributed by atoms with Gasteiger partial charge in [0.15, 0.2) is 0 Å². The van der Waals surface area contributed by atoms with Crippen molar-refractivity contribution in [2.24, 2.45) is 5.73 Å². The molecule has 1 atom stereocenters. The van der Waals surface area contributed by atoms with Crippen molar-refractivity contribution >= 4 is 5.91 Å². The number of unbranched alkanes of at least 4 members (excludes halogenated alkanes) is 1. The van der Waals surface area contributed by atoms with Gasteiger partial charge in [-0.1, -0.05) is 18.2 Å². The zero-order valence-corrected chi connectivity index (χ0v) is 12.8. The second-order valence-corrected chi connectivity index (χ2v) is 5.36. The van der Waals surface area contributed by atoms with E-state index in [1.165, 1.54) is 6.07 Å². The third kappa shape index (κ3) is 4.50. The van der Waals surface area contributed by atoms with Crippen molar-refractivity contribution in [3.8, 4) is 0 Å². The Labute approximate surface area is 130 Å². The maximum Gasteiger partial charge on any atom is 0.242 e. The van der Waals surface area contributed by atoms with Crippen LogP contribution >= 0.6 is 0 Å². The summed E-state index contributed by atoms with van der Waals surface area (Å²) in [4.78, 5) is 14.5. The number of nitrogens with zero attached hydrogens (tertiary/aromatic N) is 1. The molecular formula is C16H24FN3O2. The summed E-state index contributed by atoms with van der Waals surface area (Å²) in [7, 11) is 0. The van der Waals surface area contributed by atoms with Gasteiger partial charge in [-0.2, -0.15) is 0 Å². The lowest BCUT2D eigenvalue weighted by molar-refractivity contribution is -0.128. The third-order valence-electron chi connectivity index (χ3n) is 3.79. The Morgan fingerprint density at radius 1 is 1.32 bits per heavy atom. The summed E-state index contributed by atoms with van der Waals surface area (Å²) in [6, 6.07) is 5.85. The second kappa shape index (κ2) is 8.82. The molecule has 6 heteroatoms. The minimum absolute atomic E-state index is 0.163. The molecule has 0 aliphatic carbocycles. The Hall–Kier alpha value is -1.50. The number of rotatable bonds is 7. The molecule has 0 saturated carbocycles. The molecule has 1 aromatic rings. The Morgan fingerprint density at radius 2 is 2.05 bits per heavy atom. The van der Waals surface area contributed by atoms with Gasteiger partial charge in [-0.05, 0) is 25.5 Å². The second-order valence-electron chi connectivity index (χ2n) is 5.36. The number of amides is 1. The number of carbonyl (C=O) groups is 1. The third-order valence-corrected chi connectivity index (χ3v) is 3.79. The fraction of sp³-hybridized carbons (Fsp3) is 0.562. The van der Waals surface area contributed by atoms with Gasteiger partial charge in [0.2, 0.25) is 5.91 Å². The van der Waals surface area contributed by atoms with Crippen LogP contribution in [0.2, 0.25) is 0 Å². The van der Waals surface area contributed by atoms with Crippen molar-refractivity contribution in [3.05, 3.63) is 35.6 Å². The largest absolute Gasteiger partial charge is 0.379 e. The Morgan fingerprint density at radius 3 is 2.73 bits per heavy atom. The topological polar surface area (TPSA) is 67.6 Å². The van der Waals surface area contributed by atoms with E-state index >= 15 is 0 Å². The molecule has 1 amide bonds. The molecule has 3 N–H and O–H groups in total. The Bertz CT molecular complexity index is 478. The van der Waals surface area contributed by atoms with Gasteiger partial charge in [0.25, 0.3) is 0 Å². The number of benzene rings is 1. The molecule has 1 unspecified atom stereocenters. The van der Waals surface area contributed by atoms with Gasteiger partial charge in [-0.3, -0.25) is 9.69 Å². The first-order valence-corrected chi connectivity index (χ1v) is 7.78. The van der Waals surface area contributed by atoms with Gasteiger partial charge >= 0.3 is 0 Å². The normalized spacial score (nSPS) is 17.2. The van der Waals surface area contributed by atoms with E-state index in [4.69, 9.17) is 10.5 Å². The maximum atomic E-state index is 14.1. The van der Waals surface area contributed by atoms with Crippen LogP contribution in [-0.2, 0) is 9.53 Å². The molecule has 1 heterocycles. The summed E-state index contributed by atoms with van der Waals surface area (Å²) in [5, 5.41) is 2.90. The first-order valence-electron chi connectivity index (χ1n) is 7.78. The average Bonchev–Trinajstić information content (AvgIpc) is 2.55. The lowest BCUT2D eigenvalue weighted by Crippen LogP contribution is -2.46. The average molecular weight is 309 g/mol. The molecule has 22 heavy (non-hydrogen) atoms. The number of hydrogen-bond donors (Lipinski definition) is 2. The molecule has 0 bridgehead atoms. The van der Waals surface area contributed by atoms with Gasteiger partial charge in [0.05, 0.1) is 13.2 Å². The predicted octanol–water partition coefficient (Wildman–Crippen LogP) is 1.05. The van der Waals surface area contributed by atoms with Crippen LogP contribution in [0.25, 0.3) is 0 Å². The lowest BCUT2D eigenvalue weighted by atomic mass is 10.0. The number of nitrogens with one attached hydrogen (secondary N) is 1. The molecule has 1 aromatic carbocycles. The van der Waals surface area contributed by atoms with Crippen LogP contribution in [0.1, 0.15) is 24.4 Å². The number of morpholine rings is 1. The number of nitrogens with two attached hydrogens (primary N) is 1. The zero-order chi connectivity index (χ0) is 15.8. The number of hydrogen-bond acceptors (Lipinski definition) is 4. The molecule has 1 aliphatic rings. The number of carbonyl (C=O) groups excluding carboxylic acids is 1. The van der Waals surface area contributed by atoms with E-state index in [-0.39, 0.29) is 11.7 Å². The molecular weight excluding hydrogens is 285 g/mol. The standard InChI is InChI=1S/C16H24FN3O2/c17-14-6-2-1-5-13(14)15(20-9-11-22-12-10-20)16(21)19-8-4-3-7-18/h1-2,5-6,15H,3-4,7-12,18H2,(H,19,21). The van der Waals surface area contributed by atoms with Crippen molar-refractivity contribution in [1.82, 2.24) is 10.2 Å². The summed E-state index contributed by atoms with van der Waals surface area (Å²) < 4.78 is 19.5. The van der Waals surface area contributed by atoms with Gasteiger partial charge in [-0.25, -0.2) is 4.39 Å². The fourth-order valence-corrected chi connectivity index (χ4v) is 2.61. The molecule has 0 spiro atoms. The smallest absolute Gasteiger partial charge is 0.242 e. The Balaban J connectivity index is 2.10. The number of ether oxygens (including phenoxy) is 1. The zero-order valence-electron chi connectivity index (χ0n) is 12.8. The van der Waals surface area contributed by atoms with Crippen molar-refractivity contribution < 1.29 is 13.9 Å². The van der Waals surface area contributed by atoms with Crippen molar-refractivity contribution in [2.45, 2.75) is 18.9 Å². The first kappa shape index (κ1) is 16.9. The molecule has 1 saturated heterocycles. The highest BCUT2D eigenvalue weighted by Gasteiger charge is 2.30. The minimum atomic E-state index is -0.608. The van der Waals surface area contributed by atoms with Crippen molar-refractivity contribution in [3.63, 3.8) is 0 Å². The number of halogens is 1. The van der Waals surface area contributed by atoms with Crippen LogP contribution in [0.3, 0.4) is 0 Å².